The van der Waals surface area contributed by atoms with E-state index in [1.54, 1.807) is 6.26 Å². The van der Waals surface area contributed by atoms with E-state index >= 15 is 0 Å². The average Bonchev–Trinajstić information content (AvgIpc) is 3.33. The molecule has 1 saturated heterocycles. The van der Waals surface area contributed by atoms with Gasteiger partial charge in [0.15, 0.2) is 0 Å². The van der Waals surface area contributed by atoms with Crippen LogP contribution in [0.5, 0.6) is 0 Å². The molecule has 1 fully saturated rings. The molecule has 0 spiro atoms. The zero-order chi connectivity index (χ0) is 20.0. The second-order valence-electron chi connectivity index (χ2n) is 8.33. The number of furan rings is 1. The van der Waals surface area contributed by atoms with Gasteiger partial charge in [-0.05, 0) is 49.9 Å². The molecule has 0 bridgehead atoms. The molecule has 4 heterocycles. The molecule has 1 aromatic carbocycles. The largest absolute Gasteiger partial charge is 0.464 e. The Morgan fingerprint density at radius 2 is 1.97 bits per heavy atom. The van der Waals surface area contributed by atoms with E-state index in [0.717, 1.165) is 73.7 Å². The maximum absolute atomic E-state index is 12.9. The van der Waals surface area contributed by atoms with Crippen molar-refractivity contribution in [2.45, 2.75) is 52.1 Å². The zero-order valence-electron chi connectivity index (χ0n) is 17.1. The van der Waals surface area contributed by atoms with Crippen LogP contribution in [0.3, 0.4) is 0 Å². The first kappa shape index (κ1) is 18.4. The Morgan fingerprint density at radius 3 is 2.79 bits per heavy atom. The SMILES string of the molecule is Cc1cc2occ(CC(=O)N3CCC(c4nnc5n4CCNC5)CC3)c2cc1C. The standard InChI is InChI=1S/C22H27N5O2/c1-14-9-18-17(13-29-19(18)10-15(14)2)11-21(28)26-6-3-16(4-7-26)22-25-24-20-12-23-5-8-27(20)22/h9-10,13,16,23H,3-8,11-12H2,1-2H3. The van der Waals surface area contributed by atoms with Gasteiger partial charge in [0.25, 0.3) is 0 Å². The lowest BCUT2D eigenvalue weighted by atomic mass is 9.95. The van der Waals surface area contributed by atoms with Crippen molar-refractivity contribution in [2.75, 3.05) is 19.6 Å². The third-order valence-corrected chi connectivity index (χ3v) is 6.48. The van der Waals surface area contributed by atoms with E-state index in [0.29, 0.717) is 12.3 Å². The van der Waals surface area contributed by atoms with Crippen molar-refractivity contribution in [1.82, 2.24) is 25.0 Å². The van der Waals surface area contributed by atoms with Gasteiger partial charge in [-0.25, -0.2) is 0 Å². The molecule has 2 aliphatic heterocycles. The van der Waals surface area contributed by atoms with Crippen molar-refractivity contribution in [2.24, 2.45) is 0 Å². The Kier molecular flexibility index (Phi) is 4.62. The second kappa shape index (κ2) is 7.30. The van der Waals surface area contributed by atoms with E-state index in [-0.39, 0.29) is 5.91 Å². The summed E-state index contributed by atoms with van der Waals surface area (Å²) in [5.41, 5.74) is 4.27. The van der Waals surface area contributed by atoms with E-state index in [1.807, 2.05) is 4.90 Å². The number of fused-ring (bicyclic) bond motifs is 2. The van der Waals surface area contributed by atoms with E-state index < -0.39 is 0 Å². The van der Waals surface area contributed by atoms with Gasteiger partial charge < -0.3 is 19.2 Å². The van der Waals surface area contributed by atoms with Gasteiger partial charge in [0.05, 0.1) is 19.2 Å². The summed E-state index contributed by atoms with van der Waals surface area (Å²) in [5.74, 6) is 2.69. The average molecular weight is 393 g/mol. The van der Waals surface area contributed by atoms with Gasteiger partial charge >= 0.3 is 0 Å². The number of aromatic nitrogens is 3. The van der Waals surface area contributed by atoms with E-state index in [1.165, 1.54) is 11.1 Å². The number of rotatable bonds is 3. The number of aryl methyl sites for hydroxylation is 2. The Bertz CT molecular complexity index is 1060. The molecule has 0 saturated carbocycles. The highest BCUT2D eigenvalue weighted by Crippen LogP contribution is 2.29. The predicted molar refractivity (Wildman–Crippen MR) is 110 cm³/mol. The maximum Gasteiger partial charge on any atom is 0.227 e. The maximum atomic E-state index is 12.9. The van der Waals surface area contributed by atoms with Crippen molar-refractivity contribution < 1.29 is 9.21 Å². The highest BCUT2D eigenvalue weighted by molar-refractivity contribution is 5.88. The lowest BCUT2D eigenvalue weighted by Gasteiger charge is -2.32. The first-order chi connectivity index (χ1) is 14.1. The summed E-state index contributed by atoms with van der Waals surface area (Å²) in [5, 5.41) is 13.2. The highest BCUT2D eigenvalue weighted by Gasteiger charge is 2.29. The molecule has 152 valence electrons. The van der Waals surface area contributed by atoms with Crippen molar-refractivity contribution in [3.63, 3.8) is 0 Å². The van der Waals surface area contributed by atoms with Crippen molar-refractivity contribution in [3.05, 3.63) is 46.7 Å². The highest BCUT2D eigenvalue weighted by atomic mass is 16.3. The molecular weight excluding hydrogens is 366 g/mol. The first-order valence-corrected chi connectivity index (χ1v) is 10.5. The number of hydrogen-bond acceptors (Lipinski definition) is 5. The molecule has 0 unspecified atom stereocenters. The Morgan fingerprint density at radius 1 is 1.17 bits per heavy atom. The van der Waals surface area contributed by atoms with Crippen molar-refractivity contribution in [1.29, 1.82) is 0 Å². The lowest BCUT2D eigenvalue weighted by molar-refractivity contribution is -0.131. The molecule has 0 atom stereocenters. The molecule has 29 heavy (non-hydrogen) atoms. The molecule has 1 amide bonds. The van der Waals surface area contributed by atoms with Gasteiger partial charge in [-0.2, -0.15) is 0 Å². The normalized spacial score (nSPS) is 17.7. The van der Waals surface area contributed by atoms with Crippen LogP contribution < -0.4 is 5.32 Å². The minimum Gasteiger partial charge on any atom is -0.464 e. The summed E-state index contributed by atoms with van der Waals surface area (Å²) in [6.07, 6.45) is 4.03. The summed E-state index contributed by atoms with van der Waals surface area (Å²) >= 11 is 0. The molecule has 7 nitrogen and oxygen atoms in total. The topological polar surface area (TPSA) is 76.2 Å². The fourth-order valence-corrected chi connectivity index (χ4v) is 4.55. The molecule has 5 rings (SSSR count). The van der Waals surface area contributed by atoms with Gasteiger partial charge in [0, 0.05) is 43.0 Å². The fourth-order valence-electron chi connectivity index (χ4n) is 4.55. The summed E-state index contributed by atoms with van der Waals surface area (Å²) in [6, 6.07) is 4.19. The van der Waals surface area contributed by atoms with Crippen LogP contribution in [0.2, 0.25) is 0 Å². The van der Waals surface area contributed by atoms with E-state index in [2.05, 4.69) is 46.1 Å². The van der Waals surface area contributed by atoms with Gasteiger partial charge in [-0.3, -0.25) is 4.79 Å². The van der Waals surface area contributed by atoms with Crippen LogP contribution >= 0.6 is 0 Å². The number of likely N-dealkylation sites (tertiary alicyclic amines) is 1. The third kappa shape index (κ3) is 3.33. The molecule has 2 aromatic heterocycles. The first-order valence-electron chi connectivity index (χ1n) is 10.5. The molecule has 0 radical (unpaired) electrons. The van der Waals surface area contributed by atoms with Crippen LogP contribution in [0.1, 0.15) is 47.1 Å². The molecule has 0 aliphatic carbocycles. The smallest absolute Gasteiger partial charge is 0.227 e. The molecule has 7 heteroatoms. The fraction of sp³-hybridized carbons (Fsp3) is 0.500. The van der Waals surface area contributed by atoms with Crippen LogP contribution in [0.4, 0.5) is 0 Å². The summed E-state index contributed by atoms with van der Waals surface area (Å²) < 4.78 is 7.96. The number of amides is 1. The van der Waals surface area contributed by atoms with E-state index in [4.69, 9.17) is 4.42 Å². The Labute approximate surface area is 170 Å². The molecular formula is C22H27N5O2. The molecule has 3 aromatic rings. The second-order valence-corrected chi connectivity index (χ2v) is 8.33. The quantitative estimate of drug-likeness (QED) is 0.740. The minimum atomic E-state index is 0.178. The Balaban J connectivity index is 1.25. The summed E-state index contributed by atoms with van der Waals surface area (Å²) in [4.78, 5) is 14.9. The molecule has 2 aliphatic rings. The third-order valence-electron chi connectivity index (χ3n) is 6.48. The molecule has 1 N–H and O–H groups in total. The van der Waals surface area contributed by atoms with Gasteiger partial charge in [-0.1, -0.05) is 0 Å². The number of nitrogens with zero attached hydrogens (tertiary/aromatic N) is 4. The number of carbonyl (C=O) groups is 1. The number of carbonyl (C=O) groups excluding carboxylic acids is 1. The van der Waals surface area contributed by atoms with Crippen LogP contribution in [0.25, 0.3) is 11.0 Å². The monoisotopic (exact) mass is 393 g/mol. The van der Waals surface area contributed by atoms with Crippen LogP contribution in [0, 0.1) is 13.8 Å². The number of benzene rings is 1. The zero-order valence-corrected chi connectivity index (χ0v) is 17.1. The van der Waals surface area contributed by atoms with Crippen LogP contribution in [0.15, 0.2) is 22.8 Å². The van der Waals surface area contributed by atoms with Gasteiger partial charge in [0.1, 0.15) is 17.2 Å². The number of hydrogen-bond donors (Lipinski definition) is 1. The lowest BCUT2D eigenvalue weighted by Crippen LogP contribution is -2.39. The number of piperidine rings is 1. The number of nitrogens with one attached hydrogen (secondary N) is 1. The van der Waals surface area contributed by atoms with E-state index in [9.17, 15) is 4.79 Å². The summed E-state index contributed by atoms with van der Waals surface area (Å²) in [7, 11) is 0. The minimum absolute atomic E-state index is 0.178. The van der Waals surface area contributed by atoms with Crippen LogP contribution in [-0.4, -0.2) is 45.2 Å². The Hall–Kier alpha value is -2.67. The van der Waals surface area contributed by atoms with Gasteiger partial charge in [-0.15, -0.1) is 10.2 Å². The van der Waals surface area contributed by atoms with Crippen molar-refractivity contribution >= 4 is 16.9 Å². The van der Waals surface area contributed by atoms with Crippen LogP contribution in [-0.2, 0) is 24.3 Å². The summed E-state index contributed by atoms with van der Waals surface area (Å²) in [6.45, 7) is 8.42. The van der Waals surface area contributed by atoms with Crippen molar-refractivity contribution in [3.8, 4) is 0 Å². The van der Waals surface area contributed by atoms with Gasteiger partial charge in [0.2, 0.25) is 5.91 Å². The predicted octanol–water partition coefficient (Wildman–Crippen LogP) is 2.69.